The van der Waals surface area contributed by atoms with Crippen molar-refractivity contribution in [3.63, 3.8) is 0 Å². The van der Waals surface area contributed by atoms with Gasteiger partial charge in [-0.25, -0.2) is 0 Å². The van der Waals surface area contributed by atoms with Gasteiger partial charge in [-0.1, -0.05) is 25.4 Å². The Labute approximate surface area is 143 Å². The van der Waals surface area contributed by atoms with Crippen molar-refractivity contribution in [1.29, 1.82) is 0 Å². The van der Waals surface area contributed by atoms with Crippen LogP contribution >= 0.6 is 11.6 Å². The molecule has 1 saturated heterocycles. The van der Waals surface area contributed by atoms with Gasteiger partial charge < -0.3 is 10.2 Å². The summed E-state index contributed by atoms with van der Waals surface area (Å²) in [6, 6.07) is 7.11. The van der Waals surface area contributed by atoms with Crippen LogP contribution in [0.25, 0.3) is 0 Å². The third-order valence-corrected chi connectivity index (χ3v) is 4.88. The van der Waals surface area contributed by atoms with E-state index >= 15 is 0 Å². The highest BCUT2D eigenvalue weighted by atomic mass is 35.5. The van der Waals surface area contributed by atoms with Crippen LogP contribution in [0.15, 0.2) is 24.3 Å². The topological polar surface area (TPSA) is 49.4 Å². The van der Waals surface area contributed by atoms with Crippen LogP contribution in [0.3, 0.4) is 0 Å². The standard InChI is InChI=1S/C18H25ClN2O2/c1-3-13(4-2)18(23)21-11-9-14(10-12-21)17(22)20-16-7-5-15(19)6-8-16/h5-8,13-14H,3-4,9-12H2,1-2H3,(H,20,22). The molecular weight excluding hydrogens is 312 g/mol. The highest BCUT2D eigenvalue weighted by molar-refractivity contribution is 6.30. The number of anilines is 1. The monoisotopic (exact) mass is 336 g/mol. The zero-order chi connectivity index (χ0) is 16.8. The Kier molecular flexibility index (Phi) is 6.46. The highest BCUT2D eigenvalue weighted by Crippen LogP contribution is 2.23. The zero-order valence-corrected chi connectivity index (χ0v) is 14.6. The van der Waals surface area contributed by atoms with Gasteiger partial charge in [-0.3, -0.25) is 9.59 Å². The van der Waals surface area contributed by atoms with Gasteiger partial charge in [0.05, 0.1) is 0 Å². The molecule has 1 N–H and O–H groups in total. The molecule has 5 heteroatoms. The van der Waals surface area contributed by atoms with Crippen LogP contribution in [0.4, 0.5) is 5.69 Å². The van der Waals surface area contributed by atoms with Crippen LogP contribution in [0.1, 0.15) is 39.5 Å². The van der Waals surface area contributed by atoms with Gasteiger partial charge in [0.25, 0.3) is 0 Å². The SMILES string of the molecule is CCC(CC)C(=O)N1CCC(C(=O)Nc2ccc(Cl)cc2)CC1. The molecule has 0 aromatic heterocycles. The quantitative estimate of drug-likeness (QED) is 0.885. The summed E-state index contributed by atoms with van der Waals surface area (Å²) in [5.74, 6) is 0.361. The van der Waals surface area contributed by atoms with Crippen molar-refractivity contribution in [2.24, 2.45) is 11.8 Å². The number of rotatable bonds is 5. The normalized spacial score (nSPS) is 15.7. The first kappa shape index (κ1) is 17.8. The van der Waals surface area contributed by atoms with Crippen LogP contribution in [0.2, 0.25) is 5.02 Å². The van der Waals surface area contributed by atoms with Crippen molar-refractivity contribution >= 4 is 29.1 Å². The number of piperidine rings is 1. The average molecular weight is 337 g/mol. The Balaban J connectivity index is 1.85. The summed E-state index contributed by atoms with van der Waals surface area (Å²) in [4.78, 5) is 26.6. The molecule has 2 amide bonds. The van der Waals surface area contributed by atoms with E-state index in [1.165, 1.54) is 0 Å². The van der Waals surface area contributed by atoms with Gasteiger partial charge in [-0.15, -0.1) is 0 Å². The number of benzene rings is 1. The minimum Gasteiger partial charge on any atom is -0.342 e. The fraction of sp³-hybridized carbons (Fsp3) is 0.556. The van der Waals surface area contributed by atoms with Crippen molar-refractivity contribution in [2.45, 2.75) is 39.5 Å². The molecule has 0 spiro atoms. The molecule has 0 radical (unpaired) electrons. The molecule has 2 rings (SSSR count). The van der Waals surface area contributed by atoms with Crippen molar-refractivity contribution in [3.05, 3.63) is 29.3 Å². The second kappa shape index (κ2) is 8.34. The molecule has 0 saturated carbocycles. The minimum absolute atomic E-state index is 0.0296. The molecule has 0 atom stereocenters. The lowest BCUT2D eigenvalue weighted by Gasteiger charge is -2.33. The number of hydrogen-bond donors (Lipinski definition) is 1. The molecule has 1 fully saturated rings. The summed E-state index contributed by atoms with van der Waals surface area (Å²) in [5, 5.41) is 3.58. The van der Waals surface area contributed by atoms with Crippen LogP contribution < -0.4 is 5.32 Å². The average Bonchev–Trinajstić information content (AvgIpc) is 2.58. The van der Waals surface area contributed by atoms with Crippen LogP contribution in [-0.4, -0.2) is 29.8 Å². The maximum absolute atomic E-state index is 12.4. The second-order valence-electron chi connectivity index (χ2n) is 6.11. The van der Waals surface area contributed by atoms with E-state index < -0.39 is 0 Å². The minimum atomic E-state index is -0.0311. The lowest BCUT2D eigenvalue weighted by atomic mass is 9.93. The molecule has 126 valence electrons. The molecule has 1 aliphatic rings. The first-order valence-corrected chi connectivity index (χ1v) is 8.78. The maximum Gasteiger partial charge on any atom is 0.227 e. The van der Waals surface area contributed by atoms with E-state index in [4.69, 9.17) is 11.6 Å². The fourth-order valence-corrected chi connectivity index (χ4v) is 3.16. The van der Waals surface area contributed by atoms with E-state index in [2.05, 4.69) is 19.2 Å². The number of carbonyl (C=O) groups excluding carboxylic acids is 2. The Morgan fingerprint density at radius 2 is 1.74 bits per heavy atom. The molecule has 4 nitrogen and oxygen atoms in total. The first-order chi connectivity index (χ1) is 11.0. The van der Waals surface area contributed by atoms with E-state index in [9.17, 15) is 9.59 Å². The van der Waals surface area contributed by atoms with Gasteiger partial charge in [0.2, 0.25) is 11.8 Å². The Hall–Kier alpha value is -1.55. The van der Waals surface area contributed by atoms with E-state index in [1.54, 1.807) is 24.3 Å². The molecule has 0 bridgehead atoms. The van der Waals surface area contributed by atoms with E-state index in [0.717, 1.165) is 31.4 Å². The number of nitrogens with one attached hydrogen (secondary N) is 1. The predicted molar refractivity (Wildman–Crippen MR) is 93.5 cm³/mol. The Morgan fingerprint density at radius 1 is 1.17 bits per heavy atom. The van der Waals surface area contributed by atoms with Crippen molar-refractivity contribution in [3.8, 4) is 0 Å². The zero-order valence-electron chi connectivity index (χ0n) is 13.8. The first-order valence-electron chi connectivity index (χ1n) is 8.40. The van der Waals surface area contributed by atoms with Gasteiger partial charge in [0, 0.05) is 35.6 Å². The summed E-state index contributed by atoms with van der Waals surface area (Å²) in [7, 11) is 0. The smallest absolute Gasteiger partial charge is 0.227 e. The number of likely N-dealkylation sites (tertiary alicyclic amines) is 1. The number of hydrogen-bond acceptors (Lipinski definition) is 2. The van der Waals surface area contributed by atoms with Gasteiger partial charge in [0.15, 0.2) is 0 Å². The highest BCUT2D eigenvalue weighted by Gasteiger charge is 2.29. The lowest BCUT2D eigenvalue weighted by molar-refractivity contribution is -0.138. The van der Waals surface area contributed by atoms with Crippen molar-refractivity contribution in [2.75, 3.05) is 18.4 Å². The van der Waals surface area contributed by atoms with Crippen molar-refractivity contribution < 1.29 is 9.59 Å². The third-order valence-electron chi connectivity index (χ3n) is 4.62. The molecule has 23 heavy (non-hydrogen) atoms. The fourth-order valence-electron chi connectivity index (χ4n) is 3.04. The molecule has 0 unspecified atom stereocenters. The molecule has 1 aromatic rings. The molecule has 1 aliphatic heterocycles. The largest absolute Gasteiger partial charge is 0.342 e. The number of nitrogens with zero attached hydrogens (tertiary/aromatic N) is 1. The summed E-state index contributed by atoms with van der Waals surface area (Å²) in [5.41, 5.74) is 0.759. The second-order valence-corrected chi connectivity index (χ2v) is 6.55. The van der Waals surface area contributed by atoms with Crippen molar-refractivity contribution in [1.82, 2.24) is 4.90 Å². The van der Waals surface area contributed by atoms with Gasteiger partial charge in [-0.05, 0) is 49.9 Å². The number of carbonyl (C=O) groups is 2. The molecule has 1 heterocycles. The summed E-state index contributed by atoms with van der Waals surface area (Å²) in [6.45, 7) is 5.46. The van der Waals surface area contributed by atoms with Crippen LogP contribution in [0.5, 0.6) is 0 Å². The Bertz CT molecular complexity index is 532. The van der Waals surface area contributed by atoms with Crippen LogP contribution in [0, 0.1) is 11.8 Å². The van der Waals surface area contributed by atoms with E-state index in [1.807, 2.05) is 4.90 Å². The van der Waals surface area contributed by atoms with Gasteiger partial charge in [-0.2, -0.15) is 0 Å². The van der Waals surface area contributed by atoms with Gasteiger partial charge >= 0.3 is 0 Å². The Morgan fingerprint density at radius 3 is 2.26 bits per heavy atom. The van der Waals surface area contributed by atoms with Crippen LogP contribution in [-0.2, 0) is 9.59 Å². The summed E-state index contributed by atoms with van der Waals surface area (Å²) in [6.07, 6.45) is 3.22. The number of amides is 2. The molecular formula is C18H25ClN2O2. The third kappa shape index (κ3) is 4.71. The lowest BCUT2D eigenvalue weighted by Crippen LogP contribution is -2.43. The van der Waals surface area contributed by atoms with E-state index in [0.29, 0.717) is 18.1 Å². The summed E-state index contributed by atoms with van der Waals surface area (Å²) >= 11 is 5.84. The molecule has 0 aliphatic carbocycles. The maximum atomic E-state index is 12.4. The molecule has 1 aromatic carbocycles. The summed E-state index contributed by atoms with van der Waals surface area (Å²) < 4.78 is 0. The van der Waals surface area contributed by atoms with E-state index in [-0.39, 0.29) is 23.7 Å². The number of halogens is 1. The van der Waals surface area contributed by atoms with Gasteiger partial charge in [0.1, 0.15) is 0 Å². The predicted octanol–water partition coefficient (Wildman–Crippen LogP) is 3.95.